The molecule has 21 heavy (non-hydrogen) atoms. The van der Waals surface area contributed by atoms with E-state index >= 15 is 0 Å². The number of methoxy groups -OCH3 is 1. The Labute approximate surface area is 126 Å². The van der Waals surface area contributed by atoms with E-state index in [0.29, 0.717) is 0 Å². The van der Waals surface area contributed by atoms with Crippen LogP contribution in [0.1, 0.15) is 30.0 Å². The summed E-state index contributed by atoms with van der Waals surface area (Å²) in [6, 6.07) is 4.20. The molecule has 1 N–H and O–H groups in total. The van der Waals surface area contributed by atoms with Crippen LogP contribution in [0.25, 0.3) is 11.3 Å². The first-order valence-corrected chi connectivity index (χ1v) is 7.29. The Bertz CT molecular complexity index is 638. The average Bonchev–Trinajstić information content (AvgIpc) is 2.46. The third-order valence-corrected chi connectivity index (χ3v) is 3.53. The molecule has 0 fully saturated rings. The van der Waals surface area contributed by atoms with Gasteiger partial charge < -0.3 is 10.1 Å². The van der Waals surface area contributed by atoms with Gasteiger partial charge in [-0.05, 0) is 44.4 Å². The zero-order chi connectivity index (χ0) is 15.4. The number of hydrogen-bond acceptors (Lipinski definition) is 4. The first-order chi connectivity index (χ1) is 10.1. The summed E-state index contributed by atoms with van der Waals surface area (Å²) in [5.74, 6) is 1.75. The molecule has 0 aliphatic rings. The van der Waals surface area contributed by atoms with Crippen molar-refractivity contribution in [1.82, 2.24) is 9.97 Å². The van der Waals surface area contributed by atoms with Crippen molar-refractivity contribution in [3.63, 3.8) is 0 Å². The zero-order valence-corrected chi connectivity index (χ0v) is 13.4. The van der Waals surface area contributed by atoms with Crippen LogP contribution in [0.4, 0.5) is 5.82 Å². The number of benzene rings is 1. The highest BCUT2D eigenvalue weighted by molar-refractivity contribution is 5.76. The van der Waals surface area contributed by atoms with Crippen molar-refractivity contribution in [2.75, 3.05) is 19.0 Å². The third-order valence-electron chi connectivity index (χ3n) is 3.53. The van der Waals surface area contributed by atoms with Crippen LogP contribution in [0.5, 0.6) is 5.75 Å². The lowest BCUT2D eigenvalue weighted by molar-refractivity contribution is 0.415. The predicted molar refractivity (Wildman–Crippen MR) is 87.0 cm³/mol. The van der Waals surface area contributed by atoms with Gasteiger partial charge in [-0.2, -0.15) is 0 Å². The molecule has 0 bridgehead atoms. The second-order valence-electron chi connectivity index (χ2n) is 5.28. The Morgan fingerprint density at radius 3 is 2.57 bits per heavy atom. The second-order valence-corrected chi connectivity index (χ2v) is 5.28. The minimum Gasteiger partial charge on any atom is -0.496 e. The van der Waals surface area contributed by atoms with Crippen LogP contribution >= 0.6 is 0 Å². The fourth-order valence-electron chi connectivity index (χ4n) is 2.52. The molecule has 0 spiro atoms. The van der Waals surface area contributed by atoms with Crippen LogP contribution in [-0.4, -0.2) is 23.6 Å². The highest BCUT2D eigenvalue weighted by Crippen LogP contribution is 2.36. The SMILES string of the molecule is CCCNc1ncnc(-c2c(C)cc(C)cc2OC)c1C. The maximum Gasteiger partial charge on any atom is 0.132 e. The molecular weight excluding hydrogens is 262 g/mol. The van der Waals surface area contributed by atoms with Gasteiger partial charge in [0, 0.05) is 17.7 Å². The lowest BCUT2D eigenvalue weighted by Gasteiger charge is -2.16. The summed E-state index contributed by atoms with van der Waals surface area (Å²) in [6.07, 6.45) is 2.67. The molecule has 0 atom stereocenters. The standard InChI is InChI=1S/C17H23N3O/c1-6-7-18-17-13(4)16(19-10-20-17)15-12(3)8-11(2)9-14(15)21-5/h8-10H,6-7H2,1-5H3,(H,18,19,20). The summed E-state index contributed by atoms with van der Waals surface area (Å²) in [7, 11) is 1.70. The number of rotatable bonds is 5. The van der Waals surface area contributed by atoms with Crippen molar-refractivity contribution in [3.05, 3.63) is 35.2 Å². The van der Waals surface area contributed by atoms with Gasteiger partial charge in [0.05, 0.1) is 12.8 Å². The van der Waals surface area contributed by atoms with E-state index in [-0.39, 0.29) is 0 Å². The van der Waals surface area contributed by atoms with E-state index in [1.54, 1.807) is 13.4 Å². The maximum absolute atomic E-state index is 5.56. The normalized spacial score (nSPS) is 10.5. The van der Waals surface area contributed by atoms with Crippen molar-refractivity contribution >= 4 is 5.82 Å². The van der Waals surface area contributed by atoms with E-state index in [1.165, 1.54) is 5.56 Å². The maximum atomic E-state index is 5.56. The Morgan fingerprint density at radius 1 is 1.14 bits per heavy atom. The Kier molecular flexibility index (Phi) is 4.78. The molecule has 0 saturated carbocycles. The summed E-state index contributed by atoms with van der Waals surface area (Å²) in [5, 5.41) is 3.35. The average molecular weight is 285 g/mol. The Balaban J connectivity index is 2.57. The number of anilines is 1. The van der Waals surface area contributed by atoms with Crippen LogP contribution in [0.15, 0.2) is 18.5 Å². The first kappa shape index (κ1) is 15.3. The molecule has 0 aliphatic carbocycles. The topological polar surface area (TPSA) is 47.0 Å². The molecule has 4 heteroatoms. The minimum absolute atomic E-state index is 0.857. The Morgan fingerprint density at radius 2 is 1.90 bits per heavy atom. The highest BCUT2D eigenvalue weighted by atomic mass is 16.5. The molecule has 0 saturated heterocycles. The zero-order valence-electron chi connectivity index (χ0n) is 13.4. The summed E-state index contributed by atoms with van der Waals surface area (Å²) in [6.45, 7) is 9.25. The van der Waals surface area contributed by atoms with E-state index in [2.05, 4.69) is 42.1 Å². The van der Waals surface area contributed by atoms with Crippen LogP contribution in [0.2, 0.25) is 0 Å². The van der Waals surface area contributed by atoms with E-state index in [9.17, 15) is 0 Å². The number of aryl methyl sites for hydroxylation is 2. The third kappa shape index (κ3) is 3.15. The van der Waals surface area contributed by atoms with Gasteiger partial charge in [0.1, 0.15) is 17.9 Å². The molecular formula is C17H23N3O. The molecule has 1 aromatic carbocycles. The molecule has 112 valence electrons. The lowest BCUT2D eigenvalue weighted by atomic mass is 9.98. The first-order valence-electron chi connectivity index (χ1n) is 7.29. The van der Waals surface area contributed by atoms with Gasteiger partial charge in [-0.25, -0.2) is 9.97 Å². The monoisotopic (exact) mass is 285 g/mol. The van der Waals surface area contributed by atoms with Crippen LogP contribution in [0, 0.1) is 20.8 Å². The molecule has 4 nitrogen and oxygen atoms in total. The van der Waals surface area contributed by atoms with Gasteiger partial charge in [-0.1, -0.05) is 13.0 Å². The Hall–Kier alpha value is -2.10. The van der Waals surface area contributed by atoms with Crippen molar-refractivity contribution in [2.45, 2.75) is 34.1 Å². The van der Waals surface area contributed by atoms with Crippen molar-refractivity contribution in [1.29, 1.82) is 0 Å². The van der Waals surface area contributed by atoms with Gasteiger partial charge in [-0.15, -0.1) is 0 Å². The molecule has 1 heterocycles. The van der Waals surface area contributed by atoms with Crippen LogP contribution < -0.4 is 10.1 Å². The fourth-order valence-corrected chi connectivity index (χ4v) is 2.52. The van der Waals surface area contributed by atoms with Gasteiger partial charge in [0.15, 0.2) is 0 Å². The summed E-state index contributed by atoms with van der Waals surface area (Å²) in [4.78, 5) is 8.83. The lowest BCUT2D eigenvalue weighted by Crippen LogP contribution is -2.06. The molecule has 2 rings (SSSR count). The van der Waals surface area contributed by atoms with Crippen molar-refractivity contribution in [2.24, 2.45) is 0 Å². The summed E-state index contributed by atoms with van der Waals surface area (Å²) >= 11 is 0. The molecule has 2 aromatic rings. The number of nitrogens with zero attached hydrogens (tertiary/aromatic N) is 2. The van der Waals surface area contributed by atoms with Crippen LogP contribution in [0.3, 0.4) is 0 Å². The molecule has 0 radical (unpaired) electrons. The van der Waals surface area contributed by atoms with E-state index in [4.69, 9.17) is 4.74 Å². The smallest absolute Gasteiger partial charge is 0.132 e. The second kappa shape index (κ2) is 6.57. The van der Waals surface area contributed by atoms with Crippen molar-refractivity contribution in [3.8, 4) is 17.0 Å². The van der Waals surface area contributed by atoms with Gasteiger partial charge in [-0.3, -0.25) is 0 Å². The quantitative estimate of drug-likeness (QED) is 0.905. The molecule has 1 aromatic heterocycles. The number of hydrogen-bond donors (Lipinski definition) is 1. The number of ether oxygens (including phenoxy) is 1. The highest BCUT2D eigenvalue weighted by Gasteiger charge is 2.16. The van der Waals surface area contributed by atoms with Crippen LogP contribution in [-0.2, 0) is 0 Å². The van der Waals surface area contributed by atoms with E-state index < -0.39 is 0 Å². The molecule has 0 unspecified atom stereocenters. The van der Waals surface area contributed by atoms with E-state index in [0.717, 1.165) is 46.9 Å². The molecule has 0 aliphatic heterocycles. The van der Waals surface area contributed by atoms with E-state index in [1.807, 2.05) is 13.0 Å². The number of aromatic nitrogens is 2. The number of nitrogens with one attached hydrogen (secondary N) is 1. The van der Waals surface area contributed by atoms with Gasteiger partial charge in [0.2, 0.25) is 0 Å². The summed E-state index contributed by atoms with van der Waals surface area (Å²) in [5.41, 5.74) is 5.37. The van der Waals surface area contributed by atoms with Crippen molar-refractivity contribution < 1.29 is 4.74 Å². The minimum atomic E-state index is 0.857. The predicted octanol–water partition coefficient (Wildman–Crippen LogP) is 3.90. The molecule has 0 amide bonds. The van der Waals surface area contributed by atoms with Gasteiger partial charge in [0.25, 0.3) is 0 Å². The largest absolute Gasteiger partial charge is 0.496 e. The summed E-state index contributed by atoms with van der Waals surface area (Å²) < 4.78 is 5.56. The fraction of sp³-hybridized carbons (Fsp3) is 0.412. The van der Waals surface area contributed by atoms with Gasteiger partial charge >= 0.3 is 0 Å².